The molecule has 0 bridgehead atoms. The fourth-order valence-corrected chi connectivity index (χ4v) is 3.42. The van der Waals surface area contributed by atoms with E-state index in [0.717, 1.165) is 16.8 Å². The molecule has 2 unspecified atom stereocenters. The SMILES string of the molecule is Cc1ncncc1C(c1ccc(C(C)(C)C)cc1)C(I)OC=O. The van der Waals surface area contributed by atoms with Gasteiger partial charge in [0, 0.05) is 17.5 Å². The van der Waals surface area contributed by atoms with E-state index in [9.17, 15) is 4.79 Å². The van der Waals surface area contributed by atoms with Crippen LogP contribution in [-0.2, 0) is 14.9 Å². The Kier molecular flexibility index (Phi) is 5.73. The number of nitrogens with zero attached hydrogens (tertiary/aromatic N) is 2. The third-order valence-corrected chi connectivity index (χ3v) is 4.88. The minimum atomic E-state index is -0.324. The van der Waals surface area contributed by atoms with Gasteiger partial charge < -0.3 is 4.74 Å². The lowest BCUT2D eigenvalue weighted by molar-refractivity contribution is -0.129. The summed E-state index contributed by atoms with van der Waals surface area (Å²) in [6.07, 6.45) is 3.33. The van der Waals surface area contributed by atoms with Crippen LogP contribution in [0, 0.1) is 6.92 Å². The van der Waals surface area contributed by atoms with Crippen LogP contribution in [0.1, 0.15) is 49.1 Å². The molecule has 122 valence electrons. The lowest BCUT2D eigenvalue weighted by atomic mass is 9.84. The molecule has 1 aromatic carbocycles. The van der Waals surface area contributed by atoms with E-state index in [2.05, 4.69) is 77.6 Å². The molecule has 2 aromatic rings. The maximum absolute atomic E-state index is 10.8. The number of hydrogen-bond acceptors (Lipinski definition) is 4. The molecule has 2 atom stereocenters. The Morgan fingerprint density at radius 2 is 1.87 bits per heavy atom. The Bertz CT molecular complexity index is 665. The van der Waals surface area contributed by atoms with E-state index in [4.69, 9.17) is 4.74 Å². The molecular formula is C18H21IN2O2. The van der Waals surface area contributed by atoms with Crippen LogP contribution in [0.4, 0.5) is 0 Å². The van der Waals surface area contributed by atoms with Gasteiger partial charge >= 0.3 is 0 Å². The highest BCUT2D eigenvalue weighted by molar-refractivity contribution is 14.1. The van der Waals surface area contributed by atoms with Crippen LogP contribution in [0.3, 0.4) is 0 Å². The zero-order chi connectivity index (χ0) is 17.0. The van der Waals surface area contributed by atoms with Crippen molar-refractivity contribution in [2.45, 2.75) is 43.1 Å². The number of alkyl halides is 1. The van der Waals surface area contributed by atoms with Crippen molar-refractivity contribution in [1.29, 1.82) is 0 Å². The molecule has 0 N–H and O–H groups in total. The Hall–Kier alpha value is -1.50. The fourth-order valence-electron chi connectivity index (χ4n) is 2.50. The summed E-state index contributed by atoms with van der Waals surface area (Å²) in [5.74, 6) is -0.101. The van der Waals surface area contributed by atoms with Crippen molar-refractivity contribution in [1.82, 2.24) is 9.97 Å². The number of carbonyl (C=O) groups excluding carboxylic acids is 1. The number of halogens is 1. The third-order valence-electron chi connectivity index (χ3n) is 3.87. The van der Waals surface area contributed by atoms with Crippen LogP contribution in [0.25, 0.3) is 0 Å². The summed E-state index contributed by atoms with van der Waals surface area (Å²) in [5, 5.41) is 0. The van der Waals surface area contributed by atoms with Crippen molar-refractivity contribution in [3.8, 4) is 0 Å². The van der Waals surface area contributed by atoms with Gasteiger partial charge in [0.1, 0.15) is 6.33 Å². The van der Waals surface area contributed by atoms with E-state index < -0.39 is 0 Å². The second kappa shape index (κ2) is 7.38. The van der Waals surface area contributed by atoms with Gasteiger partial charge in [-0.25, -0.2) is 9.97 Å². The maximum Gasteiger partial charge on any atom is 0.294 e. The van der Waals surface area contributed by atoms with Crippen molar-refractivity contribution in [2.75, 3.05) is 0 Å². The Morgan fingerprint density at radius 1 is 1.22 bits per heavy atom. The first-order chi connectivity index (χ1) is 10.8. The molecule has 4 nitrogen and oxygen atoms in total. The molecule has 2 rings (SSSR count). The zero-order valence-corrected chi connectivity index (χ0v) is 15.9. The van der Waals surface area contributed by atoms with Crippen molar-refractivity contribution in [3.05, 3.63) is 59.2 Å². The predicted molar refractivity (Wildman–Crippen MR) is 98.7 cm³/mol. The molecule has 1 heterocycles. The quantitative estimate of drug-likeness (QED) is 0.411. The summed E-state index contributed by atoms with van der Waals surface area (Å²) in [6.45, 7) is 8.99. The Labute approximate surface area is 150 Å². The average Bonchev–Trinajstić information content (AvgIpc) is 2.49. The monoisotopic (exact) mass is 424 g/mol. The van der Waals surface area contributed by atoms with Crippen LogP contribution in [0.2, 0.25) is 0 Å². The first-order valence-corrected chi connectivity index (χ1v) is 8.69. The zero-order valence-electron chi connectivity index (χ0n) is 13.8. The second-order valence-electron chi connectivity index (χ2n) is 6.50. The summed E-state index contributed by atoms with van der Waals surface area (Å²) < 4.78 is 4.89. The first kappa shape index (κ1) is 17.8. The smallest absolute Gasteiger partial charge is 0.294 e. The van der Waals surface area contributed by atoms with Gasteiger partial charge in [-0.3, -0.25) is 4.79 Å². The number of aryl methyl sites for hydroxylation is 1. The standard InChI is InChI=1S/C18H21IN2O2/c1-12-15(9-20-10-21-12)16(17(19)23-11-22)13-5-7-14(8-6-13)18(2,3)4/h5-11,16-17H,1-4H3. The molecule has 0 aliphatic carbocycles. The lowest BCUT2D eigenvalue weighted by Crippen LogP contribution is -2.19. The average molecular weight is 424 g/mol. The summed E-state index contributed by atoms with van der Waals surface area (Å²) in [4.78, 5) is 19.2. The Morgan fingerprint density at radius 3 is 2.39 bits per heavy atom. The minimum absolute atomic E-state index is 0.100. The largest absolute Gasteiger partial charge is 0.453 e. The van der Waals surface area contributed by atoms with Crippen molar-refractivity contribution in [2.24, 2.45) is 0 Å². The van der Waals surface area contributed by atoms with E-state index in [-0.39, 0.29) is 15.4 Å². The van der Waals surface area contributed by atoms with Gasteiger partial charge in [0.25, 0.3) is 6.47 Å². The topological polar surface area (TPSA) is 52.1 Å². The molecule has 0 amide bonds. The highest BCUT2D eigenvalue weighted by atomic mass is 127. The summed E-state index contributed by atoms with van der Waals surface area (Å²) in [6, 6.07) is 8.45. The lowest BCUT2D eigenvalue weighted by Gasteiger charge is -2.24. The number of hydrogen-bond donors (Lipinski definition) is 0. The molecular weight excluding hydrogens is 403 g/mol. The van der Waals surface area contributed by atoms with Gasteiger partial charge in [0.05, 0.1) is 5.92 Å². The summed E-state index contributed by atoms with van der Waals surface area (Å²) in [7, 11) is 0. The number of rotatable bonds is 5. The molecule has 0 fully saturated rings. The molecule has 0 spiro atoms. The summed E-state index contributed by atoms with van der Waals surface area (Å²) >= 11 is 2.14. The predicted octanol–water partition coefficient (Wildman–Crippen LogP) is 4.15. The van der Waals surface area contributed by atoms with Gasteiger partial charge in [-0.05, 0) is 46.1 Å². The normalized spacial score (nSPS) is 14.1. The van der Waals surface area contributed by atoms with E-state index in [1.165, 1.54) is 11.9 Å². The van der Waals surface area contributed by atoms with Gasteiger partial charge in [0.2, 0.25) is 0 Å². The molecule has 0 radical (unpaired) electrons. The highest BCUT2D eigenvalue weighted by Gasteiger charge is 2.27. The molecule has 1 aromatic heterocycles. The van der Waals surface area contributed by atoms with Crippen molar-refractivity contribution in [3.63, 3.8) is 0 Å². The van der Waals surface area contributed by atoms with Gasteiger partial charge in [0.15, 0.2) is 4.11 Å². The van der Waals surface area contributed by atoms with Crippen molar-refractivity contribution >= 4 is 29.1 Å². The van der Waals surface area contributed by atoms with Crippen LogP contribution >= 0.6 is 22.6 Å². The third kappa shape index (κ3) is 4.28. The van der Waals surface area contributed by atoms with E-state index in [1.807, 2.05) is 6.92 Å². The van der Waals surface area contributed by atoms with Gasteiger partial charge in [-0.2, -0.15) is 0 Å². The van der Waals surface area contributed by atoms with Crippen LogP contribution in [0.5, 0.6) is 0 Å². The molecule has 23 heavy (non-hydrogen) atoms. The molecule has 0 aliphatic rings. The van der Waals surface area contributed by atoms with E-state index >= 15 is 0 Å². The molecule has 0 saturated carbocycles. The van der Waals surface area contributed by atoms with Crippen LogP contribution in [-0.4, -0.2) is 20.6 Å². The van der Waals surface area contributed by atoms with Crippen LogP contribution in [0.15, 0.2) is 36.8 Å². The number of carbonyl (C=O) groups is 1. The molecule has 5 heteroatoms. The summed E-state index contributed by atoms with van der Waals surface area (Å²) in [5.41, 5.74) is 4.31. The maximum atomic E-state index is 10.8. The molecule has 0 saturated heterocycles. The van der Waals surface area contributed by atoms with E-state index in [1.54, 1.807) is 6.20 Å². The van der Waals surface area contributed by atoms with Crippen molar-refractivity contribution < 1.29 is 9.53 Å². The van der Waals surface area contributed by atoms with Gasteiger partial charge in [-0.15, -0.1) is 0 Å². The number of benzene rings is 1. The number of aromatic nitrogens is 2. The Balaban J connectivity index is 2.46. The van der Waals surface area contributed by atoms with Crippen LogP contribution < -0.4 is 0 Å². The highest BCUT2D eigenvalue weighted by Crippen LogP contribution is 2.35. The fraction of sp³-hybridized carbons (Fsp3) is 0.389. The van der Waals surface area contributed by atoms with Gasteiger partial charge in [-0.1, -0.05) is 45.0 Å². The minimum Gasteiger partial charge on any atom is -0.453 e. The number of ether oxygens (including phenoxy) is 1. The second-order valence-corrected chi connectivity index (χ2v) is 7.72. The first-order valence-electron chi connectivity index (χ1n) is 7.44. The molecule has 0 aliphatic heterocycles. The van der Waals surface area contributed by atoms with E-state index in [0.29, 0.717) is 6.47 Å².